The van der Waals surface area contributed by atoms with E-state index < -0.39 is 0 Å². The van der Waals surface area contributed by atoms with Crippen LogP contribution in [0.15, 0.2) is 89.4 Å². The summed E-state index contributed by atoms with van der Waals surface area (Å²) < 4.78 is 3.27. The van der Waals surface area contributed by atoms with E-state index in [1.807, 2.05) is 19.2 Å². The van der Waals surface area contributed by atoms with Crippen LogP contribution < -0.4 is 9.47 Å². The number of nitriles is 1. The molecule has 0 unspecified atom stereocenters. The smallest absolute Gasteiger partial charge is 0.213 e. The van der Waals surface area contributed by atoms with Crippen LogP contribution in [0.25, 0.3) is 34.5 Å². The van der Waals surface area contributed by atoms with Gasteiger partial charge in [0, 0.05) is 52.5 Å². The predicted octanol–water partition coefficient (Wildman–Crippen LogP) is 7.78. The molecule has 0 radical (unpaired) electrons. The highest BCUT2D eigenvalue weighted by Gasteiger charge is 2.17. The molecule has 0 aliphatic carbocycles. The Hall–Kier alpha value is -3.39. The molecule has 1 aromatic heterocycles. The summed E-state index contributed by atoms with van der Waals surface area (Å²) >= 11 is 9.67. The van der Waals surface area contributed by atoms with Gasteiger partial charge in [-0.25, -0.2) is 0 Å². The quantitative estimate of drug-likeness (QED) is 0.223. The molecule has 0 saturated heterocycles. The van der Waals surface area contributed by atoms with Gasteiger partial charge >= 0.3 is 0 Å². The van der Waals surface area contributed by atoms with Gasteiger partial charge in [-0.2, -0.15) is 9.83 Å². The standard InChI is InChI=1S/C30H26BrClN3/c1-34(19-3-18-33)28-15-4-22(5-16-28)6-17-29-20-25(23-9-13-27(32)14-10-23)21-30(35(29)2)24-7-11-26(31)12-8-24/h4-17,20-21H,3,19H2,1-2H3/q+1. The summed E-state index contributed by atoms with van der Waals surface area (Å²) in [6.45, 7) is 0.720. The van der Waals surface area contributed by atoms with Crippen molar-refractivity contribution in [1.29, 1.82) is 5.26 Å². The molecule has 4 rings (SSSR count). The summed E-state index contributed by atoms with van der Waals surface area (Å²) in [6, 6.07) is 31.3. The van der Waals surface area contributed by atoms with Crippen molar-refractivity contribution in [2.45, 2.75) is 6.42 Å². The lowest BCUT2D eigenvalue weighted by atomic mass is 10.0. The van der Waals surface area contributed by atoms with Crippen LogP contribution in [0.1, 0.15) is 17.7 Å². The van der Waals surface area contributed by atoms with Crippen LogP contribution >= 0.6 is 27.5 Å². The lowest BCUT2D eigenvalue weighted by Crippen LogP contribution is -2.34. The first-order valence-electron chi connectivity index (χ1n) is 11.4. The van der Waals surface area contributed by atoms with Crippen molar-refractivity contribution in [3.05, 3.63) is 106 Å². The first-order valence-corrected chi connectivity index (χ1v) is 12.5. The molecule has 0 spiro atoms. The minimum atomic E-state index is 0.513. The molecular weight excluding hydrogens is 518 g/mol. The van der Waals surface area contributed by atoms with Gasteiger partial charge in [-0.1, -0.05) is 51.8 Å². The third-order valence-corrected chi connectivity index (χ3v) is 6.78. The highest BCUT2D eigenvalue weighted by molar-refractivity contribution is 9.10. The van der Waals surface area contributed by atoms with Crippen LogP contribution in [0.4, 0.5) is 5.69 Å². The van der Waals surface area contributed by atoms with Crippen molar-refractivity contribution in [2.75, 3.05) is 18.5 Å². The van der Waals surface area contributed by atoms with E-state index in [4.69, 9.17) is 16.9 Å². The number of rotatable bonds is 7. The van der Waals surface area contributed by atoms with Crippen molar-refractivity contribution >= 4 is 45.4 Å². The van der Waals surface area contributed by atoms with Gasteiger partial charge in [-0.3, -0.25) is 0 Å². The van der Waals surface area contributed by atoms with E-state index in [2.05, 4.69) is 123 Å². The maximum Gasteiger partial charge on any atom is 0.213 e. The number of anilines is 1. The summed E-state index contributed by atoms with van der Waals surface area (Å²) in [5.74, 6) is 0. The number of benzene rings is 3. The Bertz CT molecular complexity index is 1370. The van der Waals surface area contributed by atoms with Crippen molar-refractivity contribution in [3.63, 3.8) is 0 Å². The minimum absolute atomic E-state index is 0.513. The fourth-order valence-electron chi connectivity index (χ4n) is 3.92. The zero-order valence-electron chi connectivity index (χ0n) is 19.7. The lowest BCUT2D eigenvalue weighted by molar-refractivity contribution is -0.662. The van der Waals surface area contributed by atoms with Crippen LogP contribution in [0.5, 0.6) is 0 Å². The van der Waals surface area contributed by atoms with Crippen molar-refractivity contribution in [3.8, 4) is 28.5 Å². The molecule has 4 aromatic rings. The Morgan fingerprint density at radius 1 is 0.886 bits per heavy atom. The number of halogens is 2. The molecule has 0 fully saturated rings. The monoisotopic (exact) mass is 542 g/mol. The van der Waals surface area contributed by atoms with Crippen molar-refractivity contribution in [2.24, 2.45) is 7.05 Å². The zero-order chi connectivity index (χ0) is 24.8. The molecule has 3 aromatic carbocycles. The van der Waals surface area contributed by atoms with Gasteiger partial charge in [-0.05, 0) is 71.3 Å². The number of pyridine rings is 1. The second-order valence-corrected chi connectivity index (χ2v) is 9.73. The van der Waals surface area contributed by atoms with Gasteiger partial charge in [0.25, 0.3) is 0 Å². The fraction of sp³-hybridized carbons (Fsp3) is 0.133. The van der Waals surface area contributed by atoms with Crippen LogP contribution in [-0.2, 0) is 7.05 Å². The van der Waals surface area contributed by atoms with Crippen molar-refractivity contribution < 1.29 is 4.57 Å². The van der Waals surface area contributed by atoms with E-state index >= 15 is 0 Å². The Morgan fingerprint density at radius 3 is 2.20 bits per heavy atom. The topological polar surface area (TPSA) is 30.9 Å². The van der Waals surface area contributed by atoms with Crippen molar-refractivity contribution in [1.82, 2.24) is 0 Å². The molecule has 0 bridgehead atoms. The lowest BCUT2D eigenvalue weighted by Gasteiger charge is -2.17. The number of hydrogen-bond donors (Lipinski definition) is 0. The van der Waals surface area contributed by atoms with E-state index in [0.29, 0.717) is 6.42 Å². The first kappa shape index (κ1) is 24.7. The van der Waals surface area contributed by atoms with Gasteiger partial charge in [0.1, 0.15) is 7.05 Å². The highest BCUT2D eigenvalue weighted by Crippen LogP contribution is 2.28. The Labute approximate surface area is 220 Å². The van der Waals surface area contributed by atoms with Gasteiger partial charge in [0.15, 0.2) is 0 Å². The molecule has 174 valence electrons. The molecule has 35 heavy (non-hydrogen) atoms. The molecule has 3 nitrogen and oxygen atoms in total. The summed E-state index contributed by atoms with van der Waals surface area (Å²) in [5.41, 5.74) is 7.82. The molecular formula is C30H26BrClN3+. The van der Waals surface area contributed by atoms with E-state index in [1.54, 1.807) is 0 Å². The third kappa shape index (κ3) is 6.19. The third-order valence-electron chi connectivity index (χ3n) is 6.00. The van der Waals surface area contributed by atoms with E-state index in [9.17, 15) is 0 Å². The van der Waals surface area contributed by atoms with Gasteiger partial charge in [0.05, 0.1) is 12.5 Å². The van der Waals surface area contributed by atoms with E-state index in [1.165, 1.54) is 0 Å². The fourth-order valence-corrected chi connectivity index (χ4v) is 4.31. The summed E-state index contributed by atoms with van der Waals surface area (Å²) in [5, 5.41) is 9.55. The Morgan fingerprint density at radius 2 is 1.54 bits per heavy atom. The summed E-state index contributed by atoms with van der Waals surface area (Å²) in [7, 11) is 4.10. The molecule has 5 heteroatoms. The Kier molecular flexibility index (Phi) is 8.02. The maximum atomic E-state index is 8.82. The van der Waals surface area contributed by atoms with Gasteiger partial charge in [-0.15, -0.1) is 0 Å². The van der Waals surface area contributed by atoms with Gasteiger partial charge in [0.2, 0.25) is 11.4 Å². The first-order chi connectivity index (χ1) is 16.9. The normalized spacial score (nSPS) is 10.9. The zero-order valence-corrected chi connectivity index (χ0v) is 22.1. The van der Waals surface area contributed by atoms with Crippen LogP contribution in [0.3, 0.4) is 0 Å². The second kappa shape index (κ2) is 11.4. The van der Waals surface area contributed by atoms with Gasteiger partial charge < -0.3 is 4.90 Å². The largest absolute Gasteiger partial charge is 0.374 e. The number of nitrogens with zero attached hydrogens (tertiary/aromatic N) is 3. The molecule has 0 N–H and O–H groups in total. The maximum absolute atomic E-state index is 8.82. The molecule has 0 saturated carbocycles. The molecule has 0 aliphatic rings. The summed E-state index contributed by atoms with van der Waals surface area (Å²) in [4.78, 5) is 2.09. The average Bonchev–Trinajstić information content (AvgIpc) is 2.88. The molecule has 0 atom stereocenters. The Balaban J connectivity index is 1.70. The second-order valence-electron chi connectivity index (χ2n) is 8.38. The average molecular weight is 544 g/mol. The number of aromatic nitrogens is 1. The molecule has 0 amide bonds. The number of hydrogen-bond acceptors (Lipinski definition) is 2. The van der Waals surface area contributed by atoms with E-state index in [0.717, 1.165) is 55.4 Å². The summed E-state index contributed by atoms with van der Waals surface area (Å²) in [6.07, 6.45) is 4.79. The van der Waals surface area contributed by atoms with Crippen LogP contribution in [0.2, 0.25) is 5.02 Å². The van der Waals surface area contributed by atoms with Crippen LogP contribution in [0, 0.1) is 11.3 Å². The molecule has 0 aliphatic heterocycles. The SMILES string of the molecule is CN(CCC#N)c1ccc(C=Cc2cc(-c3ccc(Cl)cc3)cc(-c3ccc(Br)cc3)[n+]2C)cc1. The van der Waals surface area contributed by atoms with E-state index in [-0.39, 0.29) is 0 Å². The molecule has 1 heterocycles. The predicted molar refractivity (Wildman–Crippen MR) is 150 cm³/mol. The highest BCUT2D eigenvalue weighted by atomic mass is 79.9. The minimum Gasteiger partial charge on any atom is -0.374 e. The van der Waals surface area contributed by atoms with Crippen LogP contribution in [-0.4, -0.2) is 13.6 Å².